The van der Waals surface area contributed by atoms with Gasteiger partial charge < -0.3 is 9.47 Å². The largest absolute Gasteiger partial charge is 0.478 e. The molecule has 0 fully saturated rings. The summed E-state index contributed by atoms with van der Waals surface area (Å²) in [6.07, 6.45) is -0.121. The minimum atomic E-state index is -0.765. The van der Waals surface area contributed by atoms with E-state index in [4.69, 9.17) is 14.5 Å². The lowest BCUT2D eigenvalue weighted by atomic mass is 10.1. The molecule has 2 atom stereocenters. The smallest absolute Gasteiger partial charge is 0.328 e. The molecule has 2 unspecified atom stereocenters. The highest BCUT2D eigenvalue weighted by molar-refractivity contribution is 7.13. The van der Waals surface area contributed by atoms with E-state index in [0.717, 1.165) is 21.8 Å². The zero-order valence-corrected chi connectivity index (χ0v) is 20.1. The molecule has 0 radical (unpaired) electrons. The van der Waals surface area contributed by atoms with Crippen LogP contribution in [-0.4, -0.2) is 35.6 Å². The maximum absolute atomic E-state index is 13.2. The Hall–Kier alpha value is -3.19. The van der Waals surface area contributed by atoms with Gasteiger partial charge in [0.15, 0.2) is 6.10 Å². The van der Waals surface area contributed by atoms with E-state index in [1.54, 1.807) is 18.3 Å². The highest BCUT2D eigenvalue weighted by atomic mass is 32.1. The highest BCUT2D eigenvalue weighted by Gasteiger charge is 2.39. The predicted molar refractivity (Wildman–Crippen MR) is 130 cm³/mol. The van der Waals surface area contributed by atoms with E-state index in [1.165, 1.54) is 4.90 Å². The van der Waals surface area contributed by atoms with Crippen LogP contribution in [0.25, 0.3) is 21.8 Å². The number of rotatable bonds is 7. The summed E-state index contributed by atoms with van der Waals surface area (Å²) in [4.78, 5) is 32.3. The molecule has 7 heteroatoms. The first-order valence-corrected chi connectivity index (χ1v) is 12.1. The van der Waals surface area contributed by atoms with Crippen LogP contribution in [0.2, 0.25) is 0 Å². The second-order valence-electron chi connectivity index (χ2n) is 8.51. The number of hydrogen-bond acceptors (Lipinski definition) is 6. The molecule has 1 aliphatic rings. The molecule has 0 aliphatic carbocycles. The number of ether oxygens (including phenoxy) is 2. The summed E-state index contributed by atoms with van der Waals surface area (Å²) in [5.74, 6) is 0.129. The lowest BCUT2D eigenvalue weighted by Gasteiger charge is -2.37. The Balaban J connectivity index is 1.68. The Morgan fingerprint density at radius 3 is 2.61 bits per heavy atom. The molecule has 3 aromatic rings. The lowest BCUT2D eigenvalue weighted by Crippen LogP contribution is -2.52. The molecule has 2 heterocycles. The fourth-order valence-corrected chi connectivity index (χ4v) is 4.53. The van der Waals surface area contributed by atoms with Gasteiger partial charge >= 0.3 is 5.97 Å². The van der Waals surface area contributed by atoms with Crippen LogP contribution < -0.4 is 9.64 Å². The number of benzene rings is 2. The highest BCUT2D eigenvalue weighted by Crippen LogP contribution is 2.40. The second kappa shape index (κ2) is 9.75. The first kappa shape index (κ1) is 23.0. The van der Waals surface area contributed by atoms with Crippen LogP contribution in [0.3, 0.4) is 0 Å². The summed E-state index contributed by atoms with van der Waals surface area (Å²) in [6, 6.07) is 14.9. The Bertz CT molecular complexity index is 1140. The Morgan fingerprint density at radius 1 is 1.15 bits per heavy atom. The number of amides is 1. The maximum atomic E-state index is 13.2. The minimum Gasteiger partial charge on any atom is -0.478 e. The van der Waals surface area contributed by atoms with Crippen LogP contribution in [-0.2, 0) is 14.3 Å². The molecule has 6 nitrogen and oxygen atoms in total. The first-order valence-electron chi connectivity index (χ1n) is 11.2. The van der Waals surface area contributed by atoms with Crippen LogP contribution >= 0.6 is 11.3 Å². The van der Waals surface area contributed by atoms with E-state index in [1.807, 2.05) is 74.7 Å². The number of carbonyl (C=O) groups is 2. The van der Waals surface area contributed by atoms with Crippen molar-refractivity contribution >= 4 is 28.9 Å². The van der Waals surface area contributed by atoms with Gasteiger partial charge in [-0.1, -0.05) is 51.1 Å². The van der Waals surface area contributed by atoms with Gasteiger partial charge in [-0.3, -0.25) is 9.69 Å². The topological polar surface area (TPSA) is 68.7 Å². The summed E-state index contributed by atoms with van der Waals surface area (Å²) in [5, 5.41) is 2.92. The van der Waals surface area contributed by atoms with Gasteiger partial charge in [-0.05, 0) is 37.5 Å². The second-order valence-corrected chi connectivity index (χ2v) is 9.37. The van der Waals surface area contributed by atoms with E-state index in [2.05, 4.69) is 0 Å². The third kappa shape index (κ3) is 4.78. The van der Waals surface area contributed by atoms with Gasteiger partial charge in [-0.15, -0.1) is 11.3 Å². The lowest BCUT2D eigenvalue weighted by molar-refractivity contribution is -0.147. The van der Waals surface area contributed by atoms with Crippen LogP contribution in [0.4, 0.5) is 5.69 Å². The molecule has 33 heavy (non-hydrogen) atoms. The van der Waals surface area contributed by atoms with E-state index >= 15 is 0 Å². The van der Waals surface area contributed by atoms with Crippen molar-refractivity contribution < 1.29 is 19.1 Å². The maximum Gasteiger partial charge on any atom is 0.328 e. The zero-order valence-electron chi connectivity index (χ0n) is 19.3. The van der Waals surface area contributed by atoms with Gasteiger partial charge in [-0.2, -0.15) is 0 Å². The number of fused-ring (bicyclic) bond motifs is 1. The third-order valence-corrected chi connectivity index (χ3v) is 6.37. The van der Waals surface area contributed by atoms with Crippen LogP contribution in [0.1, 0.15) is 34.1 Å². The standard InChI is InChI=1S/C26H28N2O4S/c1-5-22-25(29)28(17(4)26(30)31-14-16(2)3)21-13-19(11-12-23(21)32-22)20-15-33-24(27-20)18-9-7-6-8-10-18/h6-13,15-17,22H,5,14H2,1-4H3. The molecule has 0 spiro atoms. The summed E-state index contributed by atoms with van der Waals surface area (Å²) in [7, 11) is 0. The quantitative estimate of drug-likeness (QED) is 0.428. The van der Waals surface area contributed by atoms with Crippen molar-refractivity contribution in [2.24, 2.45) is 5.92 Å². The van der Waals surface area contributed by atoms with E-state index < -0.39 is 18.1 Å². The monoisotopic (exact) mass is 464 g/mol. The van der Waals surface area contributed by atoms with Gasteiger partial charge in [0.1, 0.15) is 16.8 Å². The van der Waals surface area contributed by atoms with Gasteiger partial charge in [0, 0.05) is 16.5 Å². The van der Waals surface area contributed by atoms with Crippen LogP contribution in [0, 0.1) is 5.92 Å². The Labute approximate surface area is 198 Å². The third-order valence-electron chi connectivity index (χ3n) is 5.48. The molecular weight excluding hydrogens is 436 g/mol. The Kier molecular flexibility index (Phi) is 6.79. The number of aromatic nitrogens is 1. The van der Waals surface area contributed by atoms with Crippen molar-refractivity contribution in [1.82, 2.24) is 4.98 Å². The van der Waals surface area contributed by atoms with Gasteiger partial charge in [0.25, 0.3) is 5.91 Å². The van der Waals surface area contributed by atoms with E-state index in [9.17, 15) is 9.59 Å². The molecule has 0 saturated heterocycles. The molecule has 1 aliphatic heterocycles. The Morgan fingerprint density at radius 2 is 1.91 bits per heavy atom. The molecule has 0 N–H and O–H groups in total. The minimum absolute atomic E-state index is 0.215. The van der Waals surface area contributed by atoms with Crippen molar-refractivity contribution in [2.75, 3.05) is 11.5 Å². The van der Waals surface area contributed by atoms with Gasteiger partial charge in [0.05, 0.1) is 18.0 Å². The number of esters is 1. The van der Waals surface area contributed by atoms with Crippen molar-refractivity contribution in [2.45, 2.75) is 46.3 Å². The van der Waals surface area contributed by atoms with Crippen LogP contribution in [0.5, 0.6) is 5.75 Å². The molecular formula is C26H28N2O4S. The predicted octanol–water partition coefficient (Wildman–Crippen LogP) is 5.57. The number of anilines is 1. The average Bonchev–Trinajstić information content (AvgIpc) is 3.32. The summed E-state index contributed by atoms with van der Waals surface area (Å²) in [6.45, 7) is 7.86. The number of thiazole rings is 1. The SMILES string of the molecule is CCC1Oc2ccc(-c3csc(-c4ccccc4)n3)cc2N(C(C)C(=O)OCC(C)C)C1=O. The zero-order chi connectivity index (χ0) is 23.5. The normalized spacial score (nSPS) is 16.3. The summed E-state index contributed by atoms with van der Waals surface area (Å²) < 4.78 is 11.4. The first-order chi connectivity index (χ1) is 15.9. The van der Waals surface area contributed by atoms with Crippen molar-refractivity contribution in [3.8, 4) is 27.6 Å². The molecule has 0 saturated carbocycles. The average molecular weight is 465 g/mol. The molecule has 172 valence electrons. The van der Waals surface area contributed by atoms with E-state index in [0.29, 0.717) is 24.5 Å². The molecule has 1 amide bonds. The molecule has 2 aromatic carbocycles. The van der Waals surface area contributed by atoms with Crippen molar-refractivity contribution in [1.29, 1.82) is 0 Å². The molecule has 4 rings (SSSR count). The summed E-state index contributed by atoms with van der Waals surface area (Å²) >= 11 is 1.56. The van der Waals surface area contributed by atoms with Crippen molar-refractivity contribution in [3.63, 3.8) is 0 Å². The fourth-order valence-electron chi connectivity index (χ4n) is 3.69. The number of hydrogen-bond donors (Lipinski definition) is 0. The van der Waals surface area contributed by atoms with Gasteiger partial charge in [-0.25, -0.2) is 9.78 Å². The fraction of sp³-hybridized carbons (Fsp3) is 0.346. The van der Waals surface area contributed by atoms with Crippen LogP contribution in [0.15, 0.2) is 53.9 Å². The van der Waals surface area contributed by atoms with Gasteiger partial charge in [0.2, 0.25) is 0 Å². The van der Waals surface area contributed by atoms with E-state index in [-0.39, 0.29) is 11.8 Å². The molecule has 1 aromatic heterocycles. The van der Waals surface area contributed by atoms with Crippen molar-refractivity contribution in [3.05, 3.63) is 53.9 Å². The summed E-state index contributed by atoms with van der Waals surface area (Å²) in [5.41, 5.74) is 3.28. The molecule has 0 bridgehead atoms. The number of nitrogens with zero attached hydrogens (tertiary/aromatic N) is 2. The number of carbonyl (C=O) groups excluding carboxylic acids is 2.